The molecular formula is C17H21N2O3P. The van der Waals surface area contributed by atoms with Crippen LogP contribution in [-0.2, 0) is 4.79 Å². The first-order valence-electron chi connectivity index (χ1n) is 7.62. The molecule has 122 valence electrons. The normalized spacial score (nSPS) is 19.0. The van der Waals surface area contributed by atoms with E-state index >= 15 is 0 Å². The number of amides is 1. The molecule has 6 heteroatoms. The highest BCUT2D eigenvalue weighted by molar-refractivity contribution is 7.22. The van der Waals surface area contributed by atoms with Crippen LogP contribution >= 0.6 is 9.24 Å². The second-order valence-electron chi connectivity index (χ2n) is 6.35. The Morgan fingerprint density at radius 2 is 2.13 bits per heavy atom. The van der Waals surface area contributed by atoms with Crippen molar-refractivity contribution in [2.75, 3.05) is 6.79 Å². The number of fused-ring (bicyclic) bond motifs is 1. The van der Waals surface area contributed by atoms with E-state index in [-0.39, 0.29) is 18.2 Å². The lowest BCUT2D eigenvalue weighted by Gasteiger charge is -2.28. The molecule has 2 aliphatic heterocycles. The number of carbonyl (C=O) groups is 1. The van der Waals surface area contributed by atoms with Crippen molar-refractivity contribution in [2.45, 2.75) is 39.2 Å². The quantitative estimate of drug-likeness (QED) is 0.798. The van der Waals surface area contributed by atoms with E-state index in [1.54, 1.807) is 5.01 Å². The van der Waals surface area contributed by atoms with Gasteiger partial charge in [0.1, 0.15) is 0 Å². The van der Waals surface area contributed by atoms with Crippen molar-refractivity contribution in [2.24, 2.45) is 5.10 Å². The fourth-order valence-electron chi connectivity index (χ4n) is 2.76. The van der Waals surface area contributed by atoms with Crippen molar-refractivity contribution in [3.8, 4) is 11.5 Å². The average molecular weight is 332 g/mol. The highest BCUT2D eigenvalue weighted by Crippen LogP contribution is 2.36. The Labute approximate surface area is 138 Å². The lowest BCUT2D eigenvalue weighted by Crippen LogP contribution is -2.40. The molecule has 1 unspecified atom stereocenters. The van der Waals surface area contributed by atoms with E-state index in [4.69, 9.17) is 9.47 Å². The summed E-state index contributed by atoms with van der Waals surface area (Å²) in [6.07, 6.45) is 3.00. The third kappa shape index (κ3) is 3.11. The van der Waals surface area contributed by atoms with Gasteiger partial charge >= 0.3 is 0 Å². The predicted molar refractivity (Wildman–Crippen MR) is 92.7 cm³/mol. The molecule has 0 saturated heterocycles. The number of hydrogen-bond acceptors (Lipinski definition) is 4. The van der Waals surface area contributed by atoms with Gasteiger partial charge in [0.2, 0.25) is 12.7 Å². The first-order chi connectivity index (χ1) is 10.9. The second-order valence-corrected chi connectivity index (χ2v) is 7.09. The molecule has 2 heterocycles. The smallest absolute Gasteiger partial charge is 0.247 e. The van der Waals surface area contributed by atoms with E-state index in [9.17, 15) is 4.79 Å². The van der Waals surface area contributed by atoms with Gasteiger partial charge in [-0.2, -0.15) is 5.10 Å². The molecule has 3 rings (SSSR count). The van der Waals surface area contributed by atoms with E-state index in [2.05, 4.69) is 14.3 Å². The Balaban J connectivity index is 1.86. The third-order valence-electron chi connectivity index (χ3n) is 4.06. The van der Waals surface area contributed by atoms with Gasteiger partial charge in [-0.25, -0.2) is 5.01 Å². The van der Waals surface area contributed by atoms with E-state index < -0.39 is 0 Å². The first kappa shape index (κ1) is 16.0. The Morgan fingerprint density at radius 1 is 1.39 bits per heavy atom. The molecule has 1 atom stereocenters. The maximum atomic E-state index is 12.5. The third-order valence-corrected chi connectivity index (χ3v) is 4.60. The molecule has 0 spiro atoms. The second kappa shape index (κ2) is 5.97. The van der Waals surface area contributed by atoms with Crippen molar-refractivity contribution in [1.29, 1.82) is 0 Å². The summed E-state index contributed by atoms with van der Waals surface area (Å²) < 4.78 is 10.8. The Morgan fingerprint density at radius 3 is 2.87 bits per heavy atom. The monoisotopic (exact) mass is 332 g/mol. The fraction of sp³-hybridized carbons (Fsp3) is 0.412. The minimum absolute atomic E-state index is 0.00819. The molecular weight excluding hydrogens is 311 g/mol. The summed E-state index contributed by atoms with van der Waals surface area (Å²) in [5.41, 5.74) is 1.53. The number of rotatable bonds is 3. The molecule has 5 nitrogen and oxygen atoms in total. The minimum atomic E-state index is -0.332. The summed E-state index contributed by atoms with van der Waals surface area (Å²) >= 11 is 0. The Bertz CT molecular complexity index is 710. The number of allylic oxidation sites excluding steroid dienone is 1. The summed E-state index contributed by atoms with van der Waals surface area (Å²) in [6, 6.07) is 5.78. The summed E-state index contributed by atoms with van der Waals surface area (Å²) in [5.74, 6) is 1.49. The fourth-order valence-corrected chi connectivity index (χ4v) is 2.93. The molecule has 1 amide bonds. The van der Waals surface area contributed by atoms with Crippen LogP contribution in [-0.4, -0.2) is 29.0 Å². The number of benzene rings is 1. The van der Waals surface area contributed by atoms with Gasteiger partial charge in [-0.05, 0) is 44.3 Å². The van der Waals surface area contributed by atoms with E-state index in [0.29, 0.717) is 12.8 Å². The van der Waals surface area contributed by atoms with Crippen molar-refractivity contribution in [3.05, 3.63) is 35.2 Å². The molecule has 0 saturated carbocycles. The molecule has 0 radical (unpaired) electrons. The molecule has 0 bridgehead atoms. The summed E-state index contributed by atoms with van der Waals surface area (Å²) in [6.45, 7) is 6.24. The average Bonchev–Trinajstić information content (AvgIpc) is 3.09. The van der Waals surface area contributed by atoms with Crippen LogP contribution in [0.4, 0.5) is 0 Å². The highest BCUT2D eigenvalue weighted by atomic mass is 31.0. The van der Waals surface area contributed by atoms with Crippen LogP contribution in [0, 0.1) is 0 Å². The van der Waals surface area contributed by atoms with Gasteiger partial charge < -0.3 is 9.47 Å². The zero-order valence-electron chi connectivity index (χ0n) is 13.6. The van der Waals surface area contributed by atoms with Gasteiger partial charge in [-0.1, -0.05) is 6.08 Å². The molecule has 0 fully saturated rings. The number of nitrogens with zero attached hydrogens (tertiary/aromatic N) is 2. The van der Waals surface area contributed by atoms with Crippen LogP contribution in [0.5, 0.6) is 11.5 Å². The molecule has 0 aliphatic carbocycles. The molecule has 2 aliphatic rings. The minimum Gasteiger partial charge on any atom is -0.454 e. The predicted octanol–water partition coefficient (Wildman–Crippen LogP) is 3.30. The van der Waals surface area contributed by atoms with Crippen molar-refractivity contribution in [3.63, 3.8) is 0 Å². The van der Waals surface area contributed by atoms with Crippen LogP contribution in [0.2, 0.25) is 0 Å². The van der Waals surface area contributed by atoms with E-state index in [1.165, 1.54) is 0 Å². The number of hydrazone groups is 1. The Hall–Kier alpha value is -1.87. The Kier molecular flexibility index (Phi) is 4.15. The maximum Gasteiger partial charge on any atom is 0.247 e. The molecule has 1 aromatic rings. The van der Waals surface area contributed by atoms with E-state index in [1.807, 2.05) is 45.0 Å². The van der Waals surface area contributed by atoms with Gasteiger partial charge in [0.15, 0.2) is 11.5 Å². The summed E-state index contributed by atoms with van der Waals surface area (Å²) in [5, 5.41) is 7.17. The molecule has 0 N–H and O–H groups in total. The summed E-state index contributed by atoms with van der Waals surface area (Å²) in [7, 11) is 2.60. The zero-order chi connectivity index (χ0) is 16.6. The van der Waals surface area contributed by atoms with Gasteiger partial charge in [0.25, 0.3) is 0 Å². The van der Waals surface area contributed by atoms with Crippen LogP contribution in [0.1, 0.15) is 39.2 Å². The standard InChI is InChI=1S/C17H21N2O3P/c1-4-12(23)8-16(20)19-17(2,3)9-13(18-19)11-5-6-14-15(7-11)22-10-21-14/h4-7H,8-10,23H2,1-3H3/b12-4+. The number of hydrogen-bond donors (Lipinski definition) is 0. The van der Waals surface area contributed by atoms with Crippen molar-refractivity contribution >= 4 is 20.9 Å². The van der Waals surface area contributed by atoms with Crippen LogP contribution in [0.3, 0.4) is 0 Å². The van der Waals surface area contributed by atoms with Gasteiger partial charge in [-0.3, -0.25) is 4.79 Å². The topological polar surface area (TPSA) is 51.1 Å². The van der Waals surface area contributed by atoms with Crippen LogP contribution < -0.4 is 9.47 Å². The maximum absolute atomic E-state index is 12.5. The highest BCUT2D eigenvalue weighted by Gasteiger charge is 2.38. The molecule has 0 aromatic heterocycles. The lowest BCUT2D eigenvalue weighted by molar-refractivity contribution is -0.134. The van der Waals surface area contributed by atoms with Crippen molar-refractivity contribution in [1.82, 2.24) is 5.01 Å². The first-order valence-corrected chi connectivity index (χ1v) is 8.19. The number of ether oxygens (including phenoxy) is 2. The van der Waals surface area contributed by atoms with Crippen LogP contribution in [0.15, 0.2) is 34.7 Å². The SMILES string of the molecule is C/C=C(/P)CC(=O)N1N=C(c2ccc3c(c2)OCO3)CC1(C)C. The van der Waals surface area contributed by atoms with Crippen molar-refractivity contribution < 1.29 is 14.3 Å². The molecule has 23 heavy (non-hydrogen) atoms. The zero-order valence-corrected chi connectivity index (χ0v) is 14.8. The number of carbonyl (C=O) groups excluding carboxylic acids is 1. The molecule has 1 aromatic carbocycles. The largest absolute Gasteiger partial charge is 0.454 e. The van der Waals surface area contributed by atoms with E-state index in [0.717, 1.165) is 28.1 Å². The van der Waals surface area contributed by atoms with Crippen LogP contribution in [0.25, 0.3) is 0 Å². The summed E-state index contributed by atoms with van der Waals surface area (Å²) in [4.78, 5) is 12.5. The lowest BCUT2D eigenvalue weighted by atomic mass is 9.94. The van der Waals surface area contributed by atoms with Gasteiger partial charge in [0, 0.05) is 12.0 Å². The van der Waals surface area contributed by atoms with Gasteiger partial charge in [0.05, 0.1) is 17.7 Å². The van der Waals surface area contributed by atoms with Gasteiger partial charge in [-0.15, -0.1) is 9.24 Å².